The van der Waals surface area contributed by atoms with Gasteiger partial charge in [0.2, 0.25) is 0 Å². The van der Waals surface area contributed by atoms with E-state index in [2.05, 4.69) is 12.1 Å². The number of thiophene rings is 1. The minimum Gasteiger partial charge on any atom is -0.497 e. The van der Waals surface area contributed by atoms with E-state index in [4.69, 9.17) is 22.7 Å². The second-order valence-electron chi connectivity index (χ2n) is 8.41. The average Bonchev–Trinajstić information content (AvgIpc) is 3.27. The number of para-hydroxylation sites is 1. The van der Waals surface area contributed by atoms with Crippen LogP contribution in [0.15, 0.2) is 66.0 Å². The average molecular weight is 498 g/mol. The summed E-state index contributed by atoms with van der Waals surface area (Å²) in [4.78, 5) is 4.90. The maximum absolute atomic E-state index is 10.3. The van der Waals surface area contributed by atoms with Crippen molar-refractivity contribution < 1.29 is 4.74 Å². The molecule has 1 unspecified atom stereocenters. The number of nitrogens with two attached hydrogens (primary N) is 1. The van der Waals surface area contributed by atoms with E-state index in [1.54, 1.807) is 23.3 Å². The van der Waals surface area contributed by atoms with Crippen molar-refractivity contribution in [2.75, 3.05) is 16.9 Å². The molecular formula is C27H23N5OS2. The topological polar surface area (TPSA) is 89.3 Å². The molecule has 6 nitrogen and oxygen atoms in total. The predicted molar refractivity (Wildman–Crippen MR) is 142 cm³/mol. The number of ether oxygens (including phenoxy) is 1. The molecule has 0 amide bonds. The van der Waals surface area contributed by atoms with Crippen molar-refractivity contribution in [3.8, 4) is 17.9 Å². The molecule has 2 aliphatic rings. The van der Waals surface area contributed by atoms with Crippen LogP contribution in [0.5, 0.6) is 5.75 Å². The van der Waals surface area contributed by atoms with Crippen LogP contribution in [0.1, 0.15) is 40.5 Å². The van der Waals surface area contributed by atoms with Crippen LogP contribution < -0.4 is 20.3 Å². The zero-order valence-electron chi connectivity index (χ0n) is 19.2. The minimum absolute atomic E-state index is 0.292. The Morgan fingerprint density at radius 3 is 2.40 bits per heavy atom. The summed E-state index contributed by atoms with van der Waals surface area (Å²) in [6, 6.07) is 21.3. The highest BCUT2D eigenvalue weighted by Gasteiger charge is 2.41. The van der Waals surface area contributed by atoms with E-state index < -0.39 is 6.04 Å². The van der Waals surface area contributed by atoms with Gasteiger partial charge in [-0.3, -0.25) is 9.80 Å². The van der Waals surface area contributed by atoms with Crippen molar-refractivity contribution in [1.82, 2.24) is 0 Å². The number of benzene rings is 2. The molecule has 0 saturated carbocycles. The van der Waals surface area contributed by atoms with E-state index in [-0.39, 0.29) is 0 Å². The number of aryl methyl sites for hydroxylation is 1. The Morgan fingerprint density at radius 2 is 1.74 bits per heavy atom. The minimum atomic E-state index is -0.564. The largest absolute Gasteiger partial charge is 0.497 e. The molecule has 0 fully saturated rings. The Bertz CT molecular complexity index is 1400. The van der Waals surface area contributed by atoms with Crippen molar-refractivity contribution in [3.63, 3.8) is 0 Å². The third kappa shape index (κ3) is 3.81. The fraction of sp³-hybridized carbons (Fsp3) is 0.222. The normalized spacial score (nSPS) is 17.6. The number of thiocarbonyl (C=S) groups is 1. The quantitative estimate of drug-likeness (QED) is 0.473. The van der Waals surface area contributed by atoms with E-state index in [0.717, 1.165) is 47.5 Å². The number of anilines is 2. The van der Waals surface area contributed by atoms with Gasteiger partial charge in [0.1, 0.15) is 34.8 Å². The third-order valence-electron chi connectivity index (χ3n) is 6.50. The third-order valence-corrected chi connectivity index (χ3v) is 8.17. The molecule has 1 atom stereocenters. The van der Waals surface area contributed by atoms with E-state index in [9.17, 15) is 10.5 Å². The van der Waals surface area contributed by atoms with Gasteiger partial charge in [-0.25, -0.2) is 0 Å². The van der Waals surface area contributed by atoms with Crippen molar-refractivity contribution in [1.29, 1.82) is 10.5 Å². The van der Waals surface area contributed by atoms with Crippen LogP contribution in [-0.4, -0.2) is 12.2 Å². The summed E-state index contributed by atoms with van der Waals surface area (Å²) in [5.74, 6) is 1.00. The lowest BCUT2D eigenvalue weighted by Crippen LogP contribution is -2.52. The lowest BCUT2D eigenvalue weighted by atomic mass is 9.93. The van der Waals surface area contributed by atoms with Gasteiger partial charge >= 0.3 is 0 Å². The van der Waals surface area contributed by atoms with Gasteiger partial charge in [-0.2, -0.15) is 10.5 Å². The molecule has 1 aliphatic carbocycles. The number of rotatable bonds is 4. The van der Waals surface area contributed by atoms with E-state index >= 15 is 0 Å². The number of hydrogen-bond donors (Lipinski definition) is 1. The molecule has 2 aromatic carbocycles. The second-order valence-corrected chi connectivity index (χ2v) is 9.86. The van der Waals surface area contributed by atoms with E-state index in [0.29, 0.717) is 27.8 Å². The summed E-state index contributed by atoms with van der Waals surface area (Å²) < 4.78 is 5.34. The highest BCUT2D eigenvalue weighted by Crippen LogP contribution is 2.47. The van der Waals surface area contributed by atoms with Gasteiger partial charge in [0.05, 0.1) is 18.2 Å². The van der Waals surface area contributed by atoms with Crippen LogP contribution in [0.2, 0.25) is 0 Å². The monoisotopic (exact) mass is 497 g/mol. The van der Waals surface area contributed by atoms with Gasteiger partial charge < -0.3 is 10.5 Å². The summed E-state index contributed by atoms with van der Waals surface area (Å²) in [5.41, 5.74) is 10.4. The molecule has 174 valence electrons. The summed E-state index contributed by atoms with van der Waals surface area (Å²) in [7, 11) is 1.61. The zero-order valence-corrected chi connectivity index (χ0v) is 20.8. The molecule has 0 saturated heterocycles. The highest BCUT2D eigenvalue weighted by molar-refractivity contribution is 7.80. The van der Waals surface area contributed by atoms with Crippen molar-refractivity contribution >= 4 is 39.4 Å². The first-order chi connectivity index (χ1) is 17.1. The molecule has 1 aromatic heterocycles. The standard InChI is InChI=1S/C27H23N5OS2/c1-33-19-13-11-17(12-14-19)24-22(16-29)25(30)31(18-7-3-2-4-8-18)27(34)32(24)26-21(15-28)20-9-5-6-10-23(20)35-26/h2-4,7-8,11-14,24H,5-6,9-10,30H2,1H3. The molecule has 2 heterocycles. The molecule has 35 heavy (non-hydrogen) atoms. The van der Waals surface area contributed by atoms with Crippen molar-refractivity contribution in [2.24, 2.45) is 5.73 Å². The van der Waals surface area contributed by atoms with Gasteiger partial charge in [0, 0.05) is 10.6 Å². The van der Waals surface area contributed by atoms with Crippen molar-refractivity contribution in [2.45, 2.75) is 31.7 Å². The Kier molecular flexibility index (Phi) is 6.17. The summed E-state index contributed by atoms with van der Waals surface area (Å²) >= 11 is 7.67. The zero-order chi connectivity index (χ0) is 24.5. The second kappa shape index (κ2) is 9.42. The molecular weight excluding hydrogens is 474 g/mol. The fourth-order valence-electron chi connectivity index (χ4n) is 4.80. The first-order valence-corrected chi connectivity index (χ1v) is 12.6. The van der Waals surface area contributed by atoms with Gasteiger partial charge in [0.25, 0.3) is 0 Å². The fourth-order valence-corrected chi connectivity index (χ4v) is 6.62. The molecule has 0 radical (unpaired) electrons. The highest BCUT2D eigenvalue weighted by atomic mass is 32.1. The van der Waals surface area contributed by atoms with Crippen LogP contribution in [0.4, 0.5) is 10.7 Å². The summed E-state index contributed by atoms with van der Waals surface area (Å²) in [6.07, 6.45) is 4.01. The Morgan fingerprint density at radius 1 is 1.03 bits per heavy atom. The van der Waals surface area contributed by atoms with Crippen LogP contribution in [0.3, 0.4) is 0 Å². The van der Waals surface area contributed by atoms with Crippen molar-refractivity contribution in [3.05, 3.63) is 87.6 Å². The maximum atomic E-state index is 10.3. The van der Waals surface area contributed by atoms with Gasteiger partial charge in [-0.15, -0.1) is 11.3 Å². The molecule has 8 heteroatoms. The predicted octanol–water partition coefficient (Wildman–Crippen LogP) is 5.55. The lowest BCUT2D eigenvalue weighted by Gasteiger charge is -2.43. The first kappa shape index (κ1) is 22.9. The summed E-state index contributed by atoms with van der Waals surface area (Å²) in [6.45, 7) is 0. The number of methoxy groups -OCH3 is 1. The van der Waals surface area contributed by atoms with Crippen LogP contribution in [0.25, 0.3) is 0 Å². The molecule has 1 aliphatic heterocycles. The van der Waals surface area contributed by atoms with Crippen LogP contribution in [-0.2, 0) is 12.8 Å². The van der Waals surface area contributed by atoms with Gasteiger partial charge in [0.15, 0.2) is 5.11 Å². The first-order valence-electron chi connectivity index (χ1n) is 11.4. The Balaban J connectivity index is 1.76. The molecule has 2 N–H and O–H groups in total. The molecule has 3 aromatic rings. The molecule has 0 bridgehead atoms. The number of nitriles is 2. The number of fused-ring (bicyclic) bond motifs is 1. The van der Waals surface area contributed by atoms with E-state index in [1.165, 1.54) is 4.88 Å². The maximum Gasteiger partial charge on any atom is 0.188 e. The Labute approximate surface area is 214 Å². The number of hydrogen-bond acceptors (Lipinski definition) is 6. The van der Waals surface area contributed by atoms with Crippen LogP contribution >= 0.6 is 23.6 Å². The van der Waals surface area contributed by atoms with Gasteiger partial charge in [-0.1, -0.05) is 30.3 Å². The van der Waals surface area contributed by atoms with E-state index in [1.807, 2.05) is 59.5 Å². The SMILES string of the molecule is COc1ccc(C2C(C#N)=C(N)N(c3ccccc3)C(=S)N2c2sc3c(c2C#N)CCCC3)cc1. The molecule has 0 spiro atoms. The Hall–Kier alpha value is -3.85. The smallest absolute Gasteiger partial charge is 0.188 e. The lowest BCUT2D eigenvalue weighted by molar-refractivity contribution is 0.414. The van der Waals surface area contributed by atoms with Gasteiger partial charge in [-0.05, 0) is 73.3 Å². The number of nitrogens with zero attached hydrogens (tertiary/aromatic N) is 4. The molecule has 5 rings (SSSR count). The summed E-state index contributed by atoms with van der Waals surface area (Å²) in [5, 5.41) is 21.7. The van der Waals surface area contributed by atoms with Crippen LogP contribution in [0, 0.1) is 22.7 Å².